The Labute approximate surface area is 48.6 Å². The van der Waals surface area contributed by atoms with E-state index in [2.05, 4.69) is 16.9 Å². The second kappa shape index (κ2) is 2.31. The molecule has 1 aliphatic heterocycles. The fourth-order valence-corrected chi connectivity index (χ4v) is 0.562. The summed E-state index contributed by atoms with van der Waals surface area (Å²) in [7, 11) is 0. The zero-order chi connectivity index (χ0) is 5.82. The van der Waals surface area contributed by atoms with Gasteiger partial charge in [-0.3, -0.25) is 0 Å². The molecule has 1 heterocycles. The number of hydrogen-bond donors (Lipinski definition) is 1. The largest absolute Gasteiger partial charge is 0.370 e. The van der Waals surface area contributed by atoms with E-state index in [0.717, 1.165) is 12.2 Å². The van der Waals surface area contributed by atoms with Crippen LogP contribution >= 0.6 is 0 Å². The van der Waals surface area contributed by atoms with E-state index in [1.54, 1.807) is 12.4 Å². The molecule has 0 bridgehead atoms. The summed E-state index contributed by atoms with van der Waals surface area (Å²) in [6.45, 7) is 4.39. The van der Waals surface area contributed by atoms with Crippen LogP contribution in [0.2, 0.25) is 0 Å². The highest BCUT2D eigenvalue weighted by molar-refractivity contribution is 5.60. The van der Waals surface area contributed by atoms with Gasteiger partial charge < -0.3 is 5.32 Å². The molecule has 0 aromatic heterocycles. The first-order valence-electron chi connectivity index (χ1n) is 2.51. The maximum Gasteiger partial charge on any atom is 0.0886 e. The third-order valence-electron chi connectivity index (χ3n) is 0.915. The molecule has 0 unspecified atom stereocenters. The first-order valence-corrected chi connectivity index (χ1v) is 2.51. The van der Waals surface area contributed by atoms with E-state index >= 15 is 0 Å². The predicted octanol–water partition coefficient (Wildman–Crippen LogP) is 0.688. The molecule has 0 saturated heterocycles. The van der Waals surface area contributed by atoms with Crippen LogP contribution in [0.1, 0.15) is 0 Å². The lowest BCUT2D eigenvalue weighted by Crippen LogP contribution is -2.04. The first kappa shape index (κ1) is 5.09. The average molecular weight is 108 g/mol. The van der Waals surface area contributed by atoms with Gasteiger partial charge in [-0.1, -0.05) is 12.7 Å². The molecule has 0 aromatic rings. The number of allylic oxidation sites excluding steroid dienone is 2. The van der Waals surface area contributed by atoms with Crippen molar-refractivity contribution in [2.24, 2.45) is 4.99 Å². The molecule has 0 spiro atoms. The van der Waals surface area contributed by atoms with Gasteiger partial charge in [0.1, 0.15) is 0 Å². The summed E-state index contributed by atoms with van der Waals surface area (Å²) in [5.41, 5.74) is 1.04. The number of nitrogens with one attached hydrogen (secondary N) is 1. The Bertz CT molecular complexity index is 145. The van der Waals surface area contributed by atoms with Crippen LogP contribution in [0.5, 0.6) is 0 Å². The molecule has 0 radical (unpaired) electrons. The second-order valence-corrected chi connectivity index (χ2v) is 1.53. The third-order valence-corrected chi connectivity index (χ3v) is 0.915. The van der Waals surface area contributed by atoms with Crippen LogP contribution in [-0.2, 0) is 0 Å². The van der Waals surface area contributed by atoms with Crippen molar-refractivity contribution in [3.05, 3.63) is 24.4 Å². The minimum atomic E-state index is 0.839. The van der Waals surface area contributed by atoms with Gasteiger partial charge in [-0.15, -0.1) is 0 Å². The van der Waals surface area contributed by atoms with E-state index < -0.39 is 0 Å². The maximum atomic E-state index is 3.98. The summed E-state index contributed by atoms with van der Waals surface area (Å²) in [5.74, 6) is 0. The molecule has 0 amide bonds. The Hall–Kier alpha value is -1.05. The topological polar surface area (TPSA) is 24.4 Å². The Balaban J connectivity index is 2.58. The predicted molar refractivity (Wildman–Crippen MR) is 34.8 cm³/mol. The van der Waals surface area contributed by atoms with Crippen LogP contribution in [0.15, 0.2) is 29.4 Å². The lowest BCUT2D eigenvalue weighted by molar-refractivity contribution is 1.06. The van der Waals surface area contributed by atoms with Gasteiger partial charge >= 0.3 is 0 Å². The lowest BCUT2D eigenvalue weighted by atomic mass is 10.4. The van der Waals surface area contributed by atoms with Gasteiger partial charge in [0.05, 0.1) is 18.6 Å². The number of rotatable bonds is 1. The SMILES string of the molecule is C=CC=C1CNC=N1. The number of hydrogen-bond acceptors (Lipinski definition) is 2. The standard InChI is InChI=1S/C6H8N2/c1-2-3-6-4-7-5-8-6/h2-3,5H,1,4H2,(H,7,8). The Morgan fingerprint density at radius 2 is 2.75 bits per heavy atom. The minimum Gasteiger partial charge on any atom is -0.370 e. The van der Waals surface area contributed by atoms with Crippen LogP contribution in [-0.4, -0.2) is 12.9 Å². The van der Waals surface area contributed by atoms with Gasteiger partial charge in [-0.05, 0) is 6.08 Å². The molecule has 8 heavy (non-hydrogen) atoms. The van der Waals surface area contributed by atoms with Crippen molar-refractivity contribution in [3.8, 4) is 0 Å². The van der Waals surface area contributed by atoms with Crippen molar-refractivity contribution >= 4 is 6.34 Å². The van der Waals surface area contributed by atoms with Gasteiger partial charge in [0.25, 0.3) is 0 Å². The van der Waals surface area contributed by atoms with Crippen LogP contribution in [0.4, 0.5) is 0 Å². The quantitative estimate of drug-likeness (QED) is 0.525. The number of nitrogens with zero attached hydrogens (tertiary/aromatic N) is 1. The molecular formula is C6H8N2. The van der Waals surface area contributed by atoms with Crippen LogP contribution in [0.25, 0.3) is 0 Å². The molecule has 1 rings (SSSR count). The van der Waals surface area contributed by atoms with Gasteiger partial charge in [-0.25, -0.2) is 4.99 Å². The van der Waals surface area contributed by atoms with Crippen LogP contribution < -0.4 is 5.32 Å². The lowest BCUT2D eigenvalue weighted by Gasteiger charge is -1.84. The molecule has 0 atom stereocenters. The third kappa shape index (κ3) is 0.964. The highest BCUT2D eigenvalue weighted by atomic mass is 15.0. The van der Waals surface area contributed by atoms with Crippen molar-refractivity contribution in [1.82, 2.24) is 5.32 Å². The van der Waals surface area contributed by atoms with Gasteiger partial charge in [0.2, 0.25) is 0 Å². The minimum absolute atomic E-state index is 0.839. The fraction of sp³-hybridized carbons (Fsp3) is 0.167. The van der Waals surface area contributed by atoms with E-state index in [1.807, 2.05) is 6.08 Å². The van der Waals surface area contributed by atoms with Crippen molar-refractivity contribution in [2.45, 2.75) is 0 Å². The molecule has 1 N–H and O–H groups in total. The molecule has 0 saturated carbocycles. The van der Waals surface area contributed by atoms with Crippen molar-refractivity contribution in [2.75, 3.05) is 6.54 Å². The Kier molecular flexibility index (Phi) is 1.47. The highest BCUT2D eigenvalue weighted by Gasteiger charge is 1.94. The molecular weight excluding hydrogens is 100 g/mol. The molecule has 2 nitrogen and oxygen atoms in total. The molecule has 0 aliphatic carbocycles. The second-order valence-electron chi connectivity index (χ2n) is 1.53. The van der Waals surface area contributed by atoms with E-state index in [1.165, 1.54) is 0 Å². The highest BCUT2D eigenvalue weighted by Crippen LogP contribution is 1.96. The Morgan fingerprint density at radius 1 is 1.88 bits per heavy atom. The molecule has 2 heteroatoms. The summed E-state index contributed by atoms with van der Waals surface area (Å²) in [5, 5.41) is 2.95. The maximum absolute atomic E-state index is 3.98. The fourth-order valence-electron chi connectivity index (χ4n) is 0.562. The summed E-state index contributed by atoms with van der Waals surface area (Å²) < 4.78 is 0. The van der Waals surface area contributed by atoms with E-state index in [0.29, 0.717) is 0 Å². The van der Waals surface area contributed by atoms with Crippen molar-refractivity contribution in [1.29, 1.82) is 0 Å². The van der Waals surface area contributed by atoms with Gasteiger partial charge in [0, 0.05) is 0 Å². The van der Waals surface area contributed by atoms with E-state index in [-0.39, 0.29) is 0 Å². The van der Waals surface area contributed by atoms with Crippen molar-refractivity contribution < 1.29 is 0 Å². The van der Waals surface area contributed by atoms with Gasteiger partial charge in [0.15, 0.2) is 0 Å². The molecule has 0 fully saturated rings. The molecule has 42 valence electrons. The normalized spacial score (nSPS) is 21.2. The zero-order valence-corrected chi connectivity index (χ0v) is 4.59. The summed E-state index contributed by atoms with van der Waals surface area (Å²) >= 11 is 0. The monoisotopic (exact) mass is 108 g/mol. The smallest absolute Gasteiger partial charge is 0.0886 e. The zero-order valence-electron chi connectivity index (χ0n) is 4.59. The summed E-state index contributed by atoms with van der Waals surface area (Å²) in [4.78, 5) is 3.98. The molecule has 1 aliphatic rings. The van der Waals surface area contributed by atoms with E-state index in [4.69, 9.17) is 0 Å². The van der Waals surface area contributed by atoms with E-state index in [9.17, 15) is 0 Å². The average Bonchev–Trinajstić information content (AvgIpc) is 2.19. The van der Waals surface area contributed by atoms with Crippen LogP contribution in [0.3, 0.4) is 0 Å². The number of aliphatic imine (C=N–C) groups is 1. The first-order chi connectivity index (χ1) is 3.93. The Morgan fingerprint density at radius 3 is 3.25 bits per heavy atom. The van der Waals surface area contributed by atoms with Crippen molar-refractivity contribution in [3.63, 3.8) is 0 Å². The summed E-state index contributed by atoms with van der Waals surface area (Å²) in [6.07, 6.45) is 5.31. The van der Waals surface area contributed by atoms with Gasteiger partial charge in [-0.2, -0.15) is 0 Å². The van der Waals surface area contributed by atoms with Crippen LogP contribution in [0, 0.1) is 0 Å². The summed E-state index contributed by atoms with van der Waals surface area (Å²) in [6, 6.07) is 0. The molecule has 0 aromatic carbocycles.